The summed E-state index contributed by atoms with van der Waals surface area (Å²) in [5, 5.41) is 2.74. The average molecular weight is 311 g/mol. The second-order valence-corrected chi connectivity index (χ2v) is 5.26. The van der Waals surface area contributed by atoms with Crippen LogP contribution in [0.15, 0.2) is 60.7 Å². The molecule has 4 nitrogen and oxygen atoms in total. The van der Waals surface area contributed by atoms with Crippen LogP contribution in [0.1, 0.15) is 24.5 Å². The van der Waals surface area contributed by atoms with Crippen molar-refractivity contribution in [3.05, 3.63) is 71.8 Å². The Morgan fingerprint density at radius 2 is 1.52 bits per heavy atom. The van der Waals surface area contributed by atoms with Crippen molar-refractivity contribution in [2.75, 3.05) is 0 Å². The van der Waals surface area contributed by atoms with Crippen LogP contribution in [-0.4, -0.2) is 17.9 Å². The van der Waals surface area contributed by atoms with Crippen molar-refractivity contribution < 1.29 is 14.3 Å². The van der Waals surface area contributed by atoms with Gasteiger partial charge in [-0.2, -0.15) is 0 Å². The molecule has 1 N–H and O–H groups in total. The Kier molecular flexibility index (Phi) is 6.36. The van der Waals surface area contributed by atoms with Crippen molar-refractivity contribution in [1.29, 1.82) is 0 Å². The van der Waals surface area contributed by atoms with E-state index < -0.39 is 12.0 Å². The zero-order valence-corrected chi connectivity index (χ0v) is 13.2. The number of rotatable bonds is 7. The van der Waals surface area contributed by atoms with E-state index in [1.807, 2.05) is 60.7 Å². The Morgan fingerprint density at radius 3 is 2.09 bits per heavy atom. The molecular formula is C19H21NO3. The summed E-state index contributed by atoms with van der Waals surface area (Å²) < 4.78 is 5.35. The summed E-state index contributed by atoms with van der Waals surface area (Å²) in [4.78, 5) is 24.0. The van der Waals surface area contributed by atoms with Crippen LogP contribution in [0.2, 0.25) is 0 Å². The Balaban J connectivity index is 2.00. The lowest BCUT2D eigenvalue weighted by molar-refractivity contribution is -0.149. The first-order valence-corrected chi connectivity index (χ1v) is 7.73. The van der Waals surface area contributed by atoms with Crippen molar-refractivity contribution in [3.63, 3.8) is 0 Å². The van der Waals surface area contributed by atoms with Crippen LogP contribution in [0.3, 0.4) is 0 Å². The molecule has 0 radical (unpaired) electrons. The Labute approximate surface area is 136 Å². The van der Waals surface area contributed by atoms with E-state index in [0.29, 0.717) is 12.8 Å². The fourth-order valence-electron chi connectivity index (χ4n) is 2.17. The van der Waals surface area contributed by atoms with Gasteiger partial charge in [-0.15, -0.1) is 0 Å². The zero-order valence-electron chi connectivity index (χ0n) is 13.2. The molecule has 0 spiro atoms. The largest absolute Gasteiger partial charge is 0.459 e. The predicted molar refractivity (Wildman–Crippen MR) is 88.6 cm³/mol. The standard InChI is InChI=1S/C19H21NO3/c1-2-18(21)20-17(13-15-9-5-3-6-10-15)19(22)23-14-16-11-7-4-8-12-16/h3-12,17H,2,13-14H2,1H3,(H,20,21)/t17-/m0/s1. The second kappa shape index (κ2) is 8.73. The van der Waals surface area contributed by atoms with E-state index in [-0.39, 0.29) is 12.5 Å². The third-order valence-corrected chi connectivity index (χ3v) is 3.45. The molecule has 0 aliphatic heterocycles. The Hall–Kier alpha value is -2.62. The minimum absolute atomic E-state index is 0.164. The lowest BCUT2D eigenvalue weighted by atomic mass is 10.1. The molecule has 0 aromatic heterocycles. The number of amides is 1. The lowest BCUT2D eigenvalue weighted by Gasteiger charge is -2.17. The van der Waals surface area contributed by atoms with Gasteiger partial charge in [0.1, 0.15) is 12.6 Å². The summed E-state index contributed by atoms with van der Waals surface area (Å²) in [6, 6.07) is 18.4. The zero-order chi connectivity index (χ0) is 16.5. The highest BCUT2D eigenvalue weighted by Gasteiger charge is 2.22. The molecule has 0 saturated heterocycles. The molecule has 2 aromatic rings. The number of ether oxygens (including phenoxy) is 1. The predicted octanol–water partition coefficient (Wildman–Crippen LogP) is 2.87. The Bertz CT molecular complexity index is 626. The number of carbonyl (C=O) groups excluding carboxylic acids is 2. The topological polar surface area (TPSA) is 55.4 Å². The average Bonchev–Trinajstić information content (AvgIpc) is 2.60. The van der Waals surface area contributed by atoms with E-state index in [1.165, 1.54) is 0 Å². The van der Waals surface area contributed by atoms with E-state index >= 15 is 0 Å². The third kappa shape index (κ3) is 5.58. The molecule has 0 heterocycles. The quantitative estimate of drug-likeness (QED) is 0.800. The van der Waals surface area contributed by atoms with Crippen LogP contribution in [-0.2, 0) is 27.4 Å². The van der Waals surface area contributed by atoms with Crippen molar-refractivity contribution in [2.24, 2.45) is 0 Å². The lowest BCUT2D eigenvalue weighted by Crippen LogP contribution is -2.43. The highest BCUT2D eigenvalue weighted by Crippen LogP contribution is 2.07. The molecule has 1 atom stereocenters. The van der Waals surface area contributed by atoms with Crippen LogP contribution < -0.4 is 5.32 Å². The minimum atomic E-state index is -0.673. The molecule has 4 heteroatoms. The van der Waals surface area contributed by atoms with Crippen LogP contribution in [0.4, 0.5) is 0 Å². The molecule has 0 aliphatic rings. The fourth-order valence-corrected chi connectivity index (χ4v) is 2.17. The number of nitrogens with one attached hydrogen (secondary N) is 1. The van der Waals surface area contributed by atoms with Crippen LogP contribution in [0, 0.1) is 0 Å². The molecular weight excluding hydrogens is 290 g/mol. The van der Waals surface area contributed by atoms with Gasteiger partial charge in [0.05, 0.1) is 0 Å². The number of hydrogen-bond acceptors (Lipinski definition) is 3. The van der Waals surface area contributed by atoms with Gasteiger partial charge < -0.3 is 10.1 Å². The normalized spacial score (nSPS) is 11.5. The van der Waals surface area contributed by atoms with Crippen molar-refractivity contribution in [2.45, 2.75) is 32.4 Å². The van der Waals surface area contributed by atoms with Gasteiger partial charge in [0.25, 0.3) is 0 Å². The molecule has 0 aliphatic carbocycles. The highest BCUT2D eigenvalue weighted by atomic mass is 16.5. The van der Waals surface area contributed by atoms with Crippen LogP contribution in [0.5, 0.6) is 0 Å². The van der Waals surface area contributed by atoms with E-state index in [4.69, 9.17) is 4.74 Å². The van der Waals surface area contributed by atoms with Crippen molar-refractivity contribution in [1.82, 2.24) is 5.32 Å². The SMILES string of the molecule is CCC(=O)N[C@@H](Cc1ccccc1)C(=O)OCc1ccccc1. The monoisotopic (exact) mass is 311 g/mol. The van der Waals surface area contributed by atoms with Gasteiger partial charge in [-0.05, 0) is 11.1 Å². The molecule has 0 unspecified atom stereocenters. The molecule has 2 aromatic carbocycles. The van der Waals surface area contributed by atoms with E-state index in [2.05, 4.69) is 5.32 Å². The highest BCUT2D eigenvalue weighted by molar-refractivity contribution is 5.84. The summed E-state index contributed by atoms with van der Waals surface area (Å²) in [5.74, 6) is -0.581. The molecule has 1 amide bonds. The molecule has 23 heavy (non-hydrogen) atoms. The smallest absolute Gasteiger partial charge is 0.329 e. The maximum Gasteiger partial charge on any atom is 0.329 e. The number of carbonyl (C=O) groups is 2. The van der Waals surface area contributed by atoms with Crippen molar-refractivity contribution >= 4 is 11.9 Å². The maximum absolute atomic E-state index is 12.3. The summed E-state index contributed by atoms with van der Waals surface area (Å²) in [7, 11) is 0. The van der Waals surface area contributed by atoms with Gasteiger partial charge in [0.15, 0.2) is 0 Å². The van der Waals surface area contributed by atoms with E-state index in [9.17, 15) is 9.59 Å². The molecule has 0 fully saturated rings. The minimum Gasteiger partial charge on any atom is -0.459 e. The summed E-state index contributed by atoms with van der Waals surface area (Å²) >= 11 is 0. The maximum atomic E-state index is 12.3. The van der Waals surface area contributed by atoms with Crippen molar-refractivity contribution in [3.8, 4) is 0 Å². The van der Waals surface area contributed by atoms with Gasteiger partial charge >= 0.3 is 5.97 Å². The molecule has 0 saturated carbocycles. The summed E-state index contributed by atoms with van der Waals surface area (Å²) in [5.41, 5.74) is 1.90. The van der Waals surface area contributed by atoms with Crippen LogP contribution in [0.25, 0.3) is 0 Å². The summed E-state index contributed by atoms with van der Waals surface area (Å²) in [6.45, 7) is 1.96. The second-order valence-electron chi connectivity index (χ2n) is 5.26. The van der Waals surface area contributed by atoms with Crippen LogP contribution >= 0.6 is 0 Å². The number of hydrogen-bond donors (Lipinski definition) is 1. The first kappa shape index (κ1) is 16.7. The fraction of sp³-hybridized carbons (Fsp3) is 0.263. The molecule has 120 valence electrons. The first-order chi connectivity index (χ1) is 11.2. The van der Waals surface area contributed by atoms with Gasteiger partial charge in [-0.25, -0.2) is 4.79 Å². The molecule has 0 bridgehead atoms. The van der Waals surface area contributed by atoms with Gasteiger partial charge in [-0.3, -0.25) is 4.79 Å². The first-order valence-electron chi connectivity index (χ1n) is 7.73. The summed E-state index contributed by atoms with van der Waals surface area (Å²) in [6.07, 6.45) is 0.747. The van der Waals surface area contributed by atoms with Gasteiger partial charge in [-0.1, -0.05) is 67.6 Å². The molecule has 2 rings (SSSR count). The number of esters is 1. The van der Waals surface area contributed by atoms with E-state index in [1.54, 1.807) is 6.92 Å². The third-order valence-electron chi connectivity index (χ3n) is 3.45. The number of benzene rings is 2. The van der Waals surface area contributed by atoms with Gasteiger partial charge in [0, 0.05) is 12.8 Å². The van der Waals surface area contributed by atoms with E-state index in [0.717, 1.165) is 11.1 Å². The Morgan fingerprint density at radius 1 is 0.957 bits per heavy atom. The van der Waals surface area contributed by atoms with Gasteiger partial charge in [0.2, 0.25) is 5.91 Å².